The third-order valence-corrected chi connectivity index (χ3v) is 6.94. The number of nitrogens with zero attached hydrogens (tertiary/aromatic N) is 4. The van der Waals surface area contributed by atoms with Crippen molar-refractivity contribution in [3.05, 3.63) is 48.0 Å². The van der Waals surface area contributed by atoms with E-state index in [-0.39, 0.29) is 17.3 Å². The number of carbonyl (C=O) groups is 2. The number of piperidine rings is 1. The molecule has 1 aliphatic heterocycles. The Morgan fingerprint density at radius 3 is 2.37 bits per heavy atom. The molecule has 0 unspecified atom stereocenters. The summed E-state index contributed by atoms with van der Waals surface area (Å²) in [5.74, 6) is -1.86. The van der Waals surface area contributed by atoms with Gasteiger partial charge in [0.1, 0.15) is 11.3 Å². The first kappa shape index (κ1) is 27.6. The van der Waals surface area contributed by atoms with E-state index >= 15 is 0 Å². The molecule has 2 fully saturated rings. The first-order chi connectivity index (χ1) is 18.1. The van der Waals surface area contributed by atoms with Gasteiger partial charge in [0.05, 0.1) is 17.3 Å². The summed E-state index contributed by atoms with van der Waals surface area (Å²) >= 11 is 1.51. The number of benzene rings is 1. The van der Waals surface area contributed by atoms with E-state index in [9.17, 15) is 22.4 Å². The number of aromatic nitrogens is 3. The standard InChI is InChI=1S/C23H24FN5OS.C2HF3O2/c1-31-16-4-5-18(24)17(12-16)21(30)14-7-10-29(11-8-14)23-22(26-15-2-3-15)27-19-6-9-25-13-20(19)28-23;3-2(4,5)1(6)7/h4-6,9,12-15H,2-3,7-8,10-11H2,1H3,(H,26,27);(H,6,7). The number of thioether (sulfide) groups is 1. The quantitative estimate of drug-likeness (QED) is 0.243. The van der Waals surface area contributed by atoms with Crippen molar-refractivity contribution in [2.75, 3.05) is 29.6 Å². The second kappa shape index (κ2) is 11.5. The van der Waals surface area contributed by atoms with E-state index in [0.29, 0.717) is 32.0 Å². The SMILES string of the molecule is CSc1ccc(F)c(C(=O)C2CCN(c3nc4cnccc4nc3NC3CC3)CC2)c1.O=C(O)C(F)(F)F. The number of nitrogens with one attached hydrogen (secondary N) is 1. The third kappa shape index (κ3) is 6.69. The van der Waals surface area contributed by atoms with E-state index in [2.05, 4.69) is 15.2 Å². The van der Waals surface area contributed by atoms with Crippen LogP contribution >= 0.6 is 11.8 Å². The van der Waals surface area contributed by atoms with Gasteiger partial charge in [0.2, 0.25) is 0 Å². The van der Waals surface area contributed by atoms with Crippen LogP contribution in [0.2, 0.25) is 0 Å². The number of pyridine rings is 1. The average molecular weight is 552 g/mol. The summed E-state index contributed by atoms with van der Waals surface area (Å²) < 4.78 is 46.0. The zero-order chi connectivity index (χ0) is 27.4. The van der Waals surface area contributed by atoms with Crippen molar-refractivity contribution in [3.63, 3.8) is 0 Å². The van der Waals surface area contributed by atoms with Crippen molar-refractivity contribution in [1.82, 2.24) is 15.0 Å². The molecule has 1 saturated heterocycles. The van der Waals surface area contributed by atoms with Crippen LogP contribution in [0.3, 0.4) is 0 Å². The van der Waals surface area contributed by atoms with Crippen molar-refractivity contribution < 1.29 is 32.3 Å². The summed E-state index contributed by atoms with van der Waals surface area (Å²) in [6.07, 6.45) is 3.91. The maximum atomic E-state index is 14.3. The predicted molar refractivity (Wildman–Crippen MR) is 135 cm³/mol. The number of alkyl halides is 3. The lowest BCUT2D eigenvalue weighted by molar-refractivity contribution is -0.192. The highest BCUT2D eigenvalue weighted by atomic mass is 32.2. The molecule has 0 amide bonds. The van der Waals surface area contributed by atoms with E-state index in [1.165, 1.54) is 17.8 Å². The first-order valence-electron chi connectivity index (χ1n) is 11.9. The third-order valence-electron chi connectivity index (χ3n) is 6.21. The molecule has 202 valence electrons. The minimum absolute atomic E-state index is 0.0989. The monoisotopic (exact) mass is 551 g/mol. The number of hydrogen-bond donors (Lipinski definition) is 2. The lowest BCUT2D eigenvalue weighted by Crippen LogP contribution is -2.37. The number of Topliss-reactive ketones (excluding diaryl/α,β-unsaturated/α-hetero) is 1. The minimum Gasteiger partial charge on any atom is -0.475 e. The summed E-state index contributed by atoms with van der Waals surface area (Å²) in [7, 11) is 0. The first-order valence-corrected chi connectivity index (χ1v) is 13.1. The molecule has 3 heterocycles. The minimum atomic E-state index is -5.08. The lowest BCUT2D eigenvalue weighted by atomic mass is 9.88. The molecule has 0 atom stereocenters. The number of carboxylic acid groups (broad SMARTS) is 1. The van der Waals surface area contributed by atoms with Gasteiger partial charge in [-0.05, 0) is 56.2 Å². The molecule has 5 rings (SSSR count). The van der Waals surface area contributed by atoms with E-state index in [0.717, 1.165) is 40.4 Å². The van der Waals surface area contributed by atoms with Gasteiger partial charge in [-0.2, -0.15) is 13.2 Å². The molecule has 2 N–H and O–H groups in total. The van der Waals surface area contributed by atoms with E-state index in [1.54, 1.807) is 24.5 Å². The van der Waals surface area contributed by atoms with Crippen LogP contribution in [-0.4, -0.2) is 63.4 Å². The summed E-state index contributed by atoms with van der Waals surface area (Å²) in [5.41, 5.74) is 1.78. The molecule has 8 nitrogen and oxygen atoms in total. The molecule has 0 bridgehead atoms. The topological polar surface area (TPSA) is 108 Å². The summed E-state index contributed by atoms with van der Waals surface area (Å²) in [4.78, 5) is 38.8. The van der Waals surface area contributed by atoms with Gasteiger partial charge in [-0.3, -0.25) is 9.78 Å². The Kier molecular flexibility index (Phi) is 8.34. The van der Waals surface area contributed by atoms with Crippen molar-refractivity contribution >= 4 is 46.2 Å². The Bertz CT molecular complexity index is 1330. The molecular formula is C25H25F4N5O3S. The number of carboxylic acids is 1. The number of ketones is 1. The van der Waals surface area contributed by atoms with Crippen LogP contribution in [-0.2, 0) is 4.79 Å². The number of anilines is 2. The van der Waals surface area contributed by atoms with Gasteiger partial charge < -0.3 is 15.3 Å². The van der Waals surface area contributed by atoms with E-state index in [4.69, 9.17) is 19.9 Å². The number of halogens is 4. The molecule has 1 aliphatic carbocycles. The maximum absolute atomic E-state index is 14.3. The van der Waals surface area contributed by atoms with Crippen LogP contribution < -0.4 is 10.2 Å². The zero-order valence-electron chi connectivity index (χ0n) is 20.3. The van der Waals surface area contributed by atoms with Crippen LogP contribution in [0.5, 0.6) is 0 Å². The molecule has 1 saturated carbocycles. The molecule has 3 aromatic rings. The normalized spacial score (nSPS) is 16.1. The van der Waals surface area contributed by atoms with Gasteiger partial charge in [0.25, 0.3) is 0 Å². The van der Waals surface area contributed by atoms with Gasteiger partial charge in [-0.1, -0.05) is 0 Å². The fourth-order valence-corrected chi connectivity index (χ4v) is 4.47. The van der Waals surface area contributed by atoms with Gasteiger partial charge in [0.15, 0.2) is 17.4 Å². The lowest BCUT2D eigenvalue weighted by Gasteiger charge is -2.33. The van der Waals surface area contributed by atoms with Gasteiger partial charge in [0, 0.05) is 36.1 Å². The fraction of sp³-hybridized carbons (Fsp3) is 0.400. The van der Waals surface area contributed by atoms with Crippen LogP contribution in [0.15, 0.2) is 41.6 Å². The van der Waals surface area contributed by atoms with E-state index in [1.807, 2.05) is 12.3 Å². The highest BCUT2D eigenvalue weighted by Crippen LogP contribution is 2.33. The number of aliphatic carboxylic acids is 1. The number of carbonyl (C=O) groups excluding carboxylic acids is 1. The van der Waals surface area contributed by atoms with Crippen LogP contribution in [0.25, 0.3) is 11.0 Å². The Morgan fingerprint density at radius 2 is 1.76 bits per heavy atom. The summed E-state index contributed by atoms with van der Waals surface area (Å²) in [6.45, 7) is 1.36. The Morgan fingerprint density at radius 1 is 1.08 bits per heavy atom. The molecule has 0 radical (unpaired) electrons. The fourth-order valence-electron chi connectivity index (χ4n) is 4.03. The smallest absolute Gasteiger partial charge is 0.475 e. The molecule has 2 aliphatic rings. The largest absolute Gasteiger partial charge is 0.490 e. The zero-order valence-corrected chi connectivity index (χ0v) is 21.2. The predicted octanol–water partition coefficient (Wildman–Crippen LogP) is 5.19. The summed E-state index contributed by atoms with van der Waals surface area (Å²) in [6, 6.07) is 7.10. The molecule has 2 aromatic heterocycles. The van der Waals surface area contributed by atoms with Gasteiger partial charge in [-0.15, -0.1) is 11.8 Å². The molecule has 13 heteroatoms. The molecule has 0 spiro atoms. The van der Waals surface area contributed by atoms with Crippen molar-refractivity contribution in [2.24, 2.45) is 5.92 Å². The number of rotatable bonds is 6. The second-order valence-electron chi connectivity index (χ2n) is 8.95. The second-order valence-corrected chi connectivity index (χ2v) is 9.83. The highest BCUT2D eigenvalue weighted by Gasteiger charge is 2.38. The van der Waals surface area contributed by atoms with Crippen molar-refractivity contribution in [1.29, 1.82) is 0 Å². The Balaban J connectivity index is 0.000000426. The summed E-state index contributed by atoms with van der Waals surface area (Å²) in [5, 5.41) is 10.6. The number of hydrogen-bond acceptors (Lipinski definition) is 8. The number of fused-ring (bicyclic) bond motifs is 1. The Labute approximate surface area is 219 Å². The van der Waals surface area contributed by atoms with Crippen LogP contribution in [0.1, 0.15) is 36.0 Å². The van der Waals surface area contributed by atoms with Gasteiger partial charge >= 0.3 is 12.1 Å². The van der Waals surface area contributed by atoms with Gasteiger partial charge in [-0.25, -0.2) is 19.2 Å². The molecule has 1 aromatic carbocycles. The van der Waals surface area contributed by atoms with Crippen LogP contribution in [0, 0.1) is 11.7 Å². The van der Waals surface area contributed by atoms with E-state index < -0.39 is 18.0 Å². The Hall–Kier alpha value is -3.48. The van der Waals surface area contributed by atoms with Crippen LogP contribution in [0.4, 0.5) is 29.2 Å². The maximum Gasteiger partial charge on any atom is 0.490 e. The van der Waals surface area contributed by atoms with Crippen molar-refractivity contribution in [3.8, 4) is 0 Å². The molecular weight excluding hydrogens is 526 g/mol. The average Bonchev–Trinajstić information content (AvgIpc) is 3.72. The highest BCUT2D eigenvalue weighted by molar-refractivity contribution is 7.98. The molecule has 38 heavy (non-hydrogen) atoms. The van der Waals surface area contributed by atoms with Crippen molar-refractivity contribution in [2.45, 2.75) is 42.8 Å².